The van der Waals surface area contributed by atoms with Crippen LogP contribution in [-0.2, 0) is 4.79 Å². The standard InChI is InChI=1S/C9H11BrN4O/c10-6-1-3-7(4-2-6)12-9-13-8(15)5-11-14-9/h1-4,9,11-12,14H,5H2,(H,13,15). The summed E-state index contributed by atoms with van der Waals surface area (Å²) in [5.41, 5.74) is 6.62. The van der Waals surface area contributed by atoms with Crippen molar-refractivity contribution in [2.24, 2.45) is 0 Å². The molecule has 1 amide bonds. The van der Waals surface area contributed by atoms with Crippen LogP contribution in [0.1, 0.15) is 0 Å². The molecule has 1 aliphatic rings. The predicted molar refractivity (Wildman–Crippen MR) is 60.8 cm³/mol. The summed E-state index contributed by atoms with van der Waals surface area (Å²) >= 11 is 3.35. The van der Waals surface area contributed by atoms with Crippen molar-refractivity contribution in [1.82, 2.24) is 16.2 Å². The Hall–Kier alpha value is -1.11. The Balaban J connectivity index is 1.96. The lowest BCUT2D eigenvalue weighted by molar-refractivity contribution is -0.122. The number of hydrazine groups is 1. The molecule has 0 saturated carbocycles. The molecule has 0 bridgehead atoms. The topological polar surface area (TPSA) is 65.2 Å². The van der Waals surface area contributed by atoms with E-state index in [2.05, 4.69) is 37.4 Å². The summed E-state index contributed by atoms with van der Waals surface area (Å²) < 4.78 is 1.02. The van der Waals surface area contributed by atoms with Crippen LogP contribution in [0.25, 0.3) is 0 Å². The highest BCUT2D eigenvalue weighted by Gasteiger charge is 2.15. The Kier molecular flexibility index (Phi) is 3.20. The van der Waals surface area contributed by atoms with Gasteiger partial charge >= 0.3 is 0 Å². The molecule has 1 aromatic rings. The molecule has 1 saturated heterocycles. The van der Waals surface area contributed by atoms with Crippen molar-refractivity contribution in [3.63, 3.8) is 0 Å². The van der Waals surface area contributed by atoms with E-state index in [1.54, 1.807) is 0 Å². The van der Waals surface area contributed by atoms with Gasteiger partial charge < -0.3 is 10.6 Å². The van der Waals surface area contributed by atoms with E-state index in [4.69, 9.17) is 0 Å². The molecule has 0 radical (unpaired) electrons. The van der Waals surface area contributed by atoms with E-state index in [0.29, 0.717) is 6.54 Å². The van der Waals surface area contributed by atoms with Crippen molar-refractivity contribution in [3.8, 4) is 0 Å². The highest BCUT2D eigenvalue weighted by molar-refractivity contribution is 9.10. The molecule has 2 rings (SSSR count). The van der Waals surface area contributed by atoms with Crippen LogP contribution in [-0.4, -0.2) is 18.7 Å². The van der Waals surface area contributed by atoms with Crippen LogP contribution in [0.15, 0.2) is 28.7 Å². The first kappa shape index (κ1) is 10.4. The highest BCUT2D eigenvalue weighted by Crippen LogP contribution is 2.14. The molecule has 1 heterocycles. The number of carbonyl (C=O) groups excluding carboxylic acids is 1. The molecule has 1 atom stereocenters. The molecule has 80 valence electrons. The van der Waals surface area contributed by atoms with Gasteiger partial charge in [-0.1, -0.05) is 15.9 Å². The van der Waals surface area contributed by atoms with Gasteiger partial charge in [0.25, 0.3) is 0 Å². The first-order chi connectivity index (χ1) is 7.24. The van der Waals surface area contributed by atoms with Crippen LogP contribution in [0, 0.1) is 0 Å². The molecular formula is C9H11BrN4O. The second kappa shape index (κ2) is 4.61. The second-order valence-electron chi connectivity index (χ2n) is 3.15. The van der Waals surface area contributed by atoms with Crippen LogP contribution in [0.2, 0.25) is 0 Å². The molecule has 1 aromatic carbocycles. The second-order valence-corrected chi connectivity index (χ2v) is 4.07. The van der Waals surface area contributed by atoms with E-state index < -0.39 is 0 Å². The van der Waals surface area contributed by atoms with E-state index in [1.807, 2.05) is 24.3 Å². The number of rotatable bonds is 2. The quantitative estimate of drug-likeness (QED) is 0.627. The molecule has 4 N–H and O–H groups in total. The van der Waals surface area contributed by atoms with Gasteiger partial charge in [0.2, 0.25) is 5.91 Å². The summed E-state index contributed by atoms with van der Waals surface area (Å²) in [5.74, 6) is -0.0386. The molecule has 0 aromatic heterocycles. The molecule has 0 aliphatic carbocycles. The van der Waals surface area contributed by atoms with Crippen molar-refractivity contribution >= 4 is 27.5 Å². The minimum absolute atomic E-state index is 0.0386. The van der Waals surface area contributed by atoms with Crippen LogP contribution in [0.4, 0.5) is 5.69 Å². The van der Waals surface area contributed by atoms with Gasteiger partial charge in [0.05, 0.1) is 6.54 Å². The number of amides is 1. The fourth-order valence-corrected chi connectivity index (χ4v) is 1.53. The number of carbonyl (C=O) groups is 1. The van der Waals surface area contributed by atoms with Crippen molar-refractivity contribution in [2.75, 3.05) is 11.9 Å². The Morgan fingerprint density at radius 3 is 2.73 bits per heavy atom. The molecule has 5 nitrogen and oxygen atoms in total. The average molecular weight is 271 g/mol. The van der Waals surface area contributed by atoms with Gasteiger partial charge in [-0.05, 0) is 24.3 Å². The van der Waals surface area contributed by atoms with Crippen LogP contribution in [0.5, 0.6) is 0 Å². The minimum Gasteiger partial charge on any atom is -0.352 e. The van der Waals surface area contributed by atoms with Gasteiger partial charge in [-0.25, -0.2) is 10.9 Å². The van der Waals surface area contributed by atoms with Gasteiger partial charge in [-0.3, -0.25) is 4.79 Å². The lowest BCUT2D eigenvalue weighted by Crippen LogP contribution is -2.63. The number of hydrogen-bond donors (Lipinski definition) is 4. The Labute approximate surface area is 95.7 Å². The number of nitrogens with one attached hydrogen (secondary N) is 4. The van der Waals surface area contributed by atoms with E-state index >= 15 is 0 Å². The Morgan fingerprint density at radius 2 is 2.07 bits per heavy atom. The minimum atomic E-state index is -0.285. The van der Waals surface area contributed by atoms with Crippen LogP contribution in [0.3, 0.4) is 0 Å². The number of hydrogen-bond acceptors (Lipinski definition) is 4. The maximum absolute atomic E-state index is 11.1. The first-order valence-corrected chi connectivity index (χ1v) is 5.33. The van der Waals surface area contributed by atoms with Gasteiger partial charge in [0, 0.05) is 10.2 Å². The third-order valence-electron chi connectivity index (χ3n) is 1.96. The van der Waals surface area contributed by atoms with E-state index in [1.165, 1.54) is 0 Å². The normalized spacial score (nSPS) is 20.9. The summed E-state index contributed by atoms with van der Waals surface area (Å²) in [6.07, 6.45) is -0.285. The number of benzene rings is 1. The third kappa shape index (κ3) is 2.92. The van der Waals surface area contributed by atoms with Crippen molar-refractivity contribution in [2.45, 2.75) is 6.29 Å². The maximum atomic E-state index is 11.1. The third-order valence-corrected chi connectivity index (χ3v) is 2.48. The van der Waals surface area contributed by atoms with E-state index in [-0.39, 0.29) is 12.2 Å². The lowest BCUT2D eigenvalue weighted by Gasteiger charge is -2.26. The van der Waals surface area contributed by atoms with Crippen LogP contribution >= 0.6 is 15.9 Å². The maximum Gasteiger partial charge on any atom is 0.237 e. The Morgan fingerprint density at radius 1 is 1.33 bits per heavy atom. The van der Waals surface area contributed by atoms with Crippen molar-refractivity contribution in [1.29, 1.82) is 0 Å². The zero-order valence-corrected chi connectivity index (χ0v) is 9.47. The summed E-state index contributed by atoms with van der Waals surface area (Å²) in [6.45, 7) is 0.290. The first-order valence-electron chi connectivity index (χ1n) is 4.54. The summed E-state index contributed by atoms with van der Waals surface area (Å²) in [4.78, 5) is 11.1. The zero-order chi connectivity index (χ0) is 10.7. The fraction of sp³-hybridized carbons (Fsp3) is 0.222. The molecule has 0 spiro atoms. The van der Waals surface area contributed by atoms with Gasteiger partial charge in [-0.2, -0.15) is 0 Å². The van der Waals surface area contributed by atoms with Crippen molar-refractivity contribution in [3.05, 3.63) is 28.7 Å². The lowest BCUT2D eigenvalue weighted by atomic mass is 10.3. The summed E-state index contributed by atoms with van der Waals surface area (Å²) in [6, 6.07) is 7.71. The molecule has 1 fully saturated rings. The summed E-state index contributed by atoms with van der Waals surface area (Å²) in [5, 5.41) is 5.86. The monoisotopic (exact) mass is 270 g/mol. The van der Waals surface area contributed by atoms with E-state index in [9.17, 15) is 4.79 Å². The largest absolute Gasteiger partial charge is 0.352 e. The number of anilines is 1. The Bertz CT molecular complexity index is 354. The highest BCUT2D eigenvalue weighted by atomic mass is 79.9. The average Bonchev–Trinajstić information content (AvgIpc) is 2.22. The molecular weight excluding hydrogens is 260 g/mol. The molecule has 6 heteroatoms. The predicted octanol–water partition coefficient (Wildman–Crippen LogP) is 0.369. The smallest absolute Gasteiger partial charge is 0.237 e. The zero-order valence-electron chi connectivity index (χ0n) is 7.88. The van der Waals surface area contributed by atoms with Crippen LogP contribution < -0.4 is 21.5 Å². The fourth-order valence-electron chi connectivity index (χ4n) is 1.27. The summed E-state index contributed by atoms with van der Waals surface area (Å²) in [7, 11) is 0. The van der Waals surface area contributed by atoms with Crippen molar-refractivity contribution < 1.29 is 4.79 Å². The van der Waals surface area contributed by atoms with Gasteiger partial charge in [-0.15, -0.1) is 0 Å². The molecule has 1 aliphatic heterocycles. The van der Waals surface area contributed by atoms with E-state index in [0.717, 1.165) is 10.2 Å². The van der Waals surface area contributed by atoms with Gasteiger partial charge in [0.1, 0.15) is 0 Å². The molecule has 15 heavy (non-hydrogen) atoms. The molecule has 1 unspecified atom stereocenters. The van der Waals surface area contributed by atoms with Gasteiger partial charge in [0.15, 0.2) is 6.29 Å². The SMILES string of the molecule is O=C1CNNC(Nc2ccc(Br)cc2)N1. The number of halogens is 1.